The molecule has 2 nitrogen and oxygen atoms in total. The number of aryl methyl sites for hydroxylation is 1. The summed E-state index contributed by atoms with van der Waals surface area (Å²) >= 11 is 7.32. The van der Waals surface area contributed by atoms with E-state index < -0.39 is 0 Å². The molecular formula is C16H18N2S2. The van der Waals surface area contributed by atoms with Crippen molar-refractivity contribution in [3.8, 4) is 0 Å². The normalized spacial score (nSPS) is 15.4. The lowest BCUT2D eigenvalue weighted by Crippen LogP contribution is -2.48. The lowest BCUT2D eigenvalue weighted by molar-refractivity contribution is 0.392. The molecule has 1 fully saturated rings. The van der Waals surface area contributed by atoms with E-state index in [0.29, 0.717) is 0 Å². The number of thiophene rings is 1. The third kappa shape index (κ3) is 2.72. The zero-order chi connectivity index (χ0) is 13.9. The highest BCUT2D eigenvalue weighted by molar-refractivity contribution is 7.81. The number of benzene rings is 1. The molecule has 0 saturated carbocycles. The third-order valence-electron chi connectivity index (χ3n) is 3.75. The molecule has 1 aliphatic heterocycles. The Morgan fingerprint density at radius 2 is 1.80 bits per heavy atom. The fraction of sp³-hybridized carbons (Fsp3) is 0.312. The van der Waals surface area contributed by atoms with Crippen molar-refractivity contribution in [1.29, 1.82) is 0 Å². The van der Waals surface area contributed by atoms with Crippen LogP contribution in [0, 0.1) is 6.92 Å². The average Bonchev–Trinajstić information content (AvgIpc) is 3.01. The minimum absolute atomic E-state index is 1.00. The highest BCUT2D eigenvalue weighted by Crippen LogP contribution is 2.22. The van der Waals surface area contributed by atoms with Gasteiger partial charge in [0.05, 0.1) is 4.88 Å². The first-order valence-electron chi connectivity index (χ1n) is 6.89. The van der Waals surface area contributed by atoms with Crippen LogP contribution in [0.15, 0.2) is 41.8 Å². The van der Waals surface area contributed by atoms with Gasteiger partial charge in [-0.2, -0.15) is 0 Å². The summed E-state index contributed by atoms with van der Waals surface area (Å²) in [6.07, 6.45) is 0. The lowest BCUT2D eigenvalue weighted by Gasteiger charge is -2.37. The number of hydrogen-bond donors (Lipinski definition) is 0. The molecular weight excluding hydrogens is 284 g/mol. The van der Waals surface area contributed by atoms with Crippen molar-refractivity contribution in [2.75, 3.05) is 31.1 Å². The number of anilines is 1. The fourth-order valence-electron chi connectivity index (χ4n) is 2.62. The number of rotatable bonds is 2. The van der Waals surface area contributed by atoms with Crippen LogP contribution in [0.2, 0.25) is 0 Å². The van der Waals surface area contributed by atoms with Crippen molar-refractivity contribution in [2.24, 2.45) is 0 Å². The second-order valence-corrected chi connectivity index (χ2v) is 6.38. The van der Waals surface area contributed by atoms with Crippen molar-refractivity contribution in [1.82, 2.24) is 4.90 Å². The van der Waals surface area contributed by atoms with Crippen LogP contribution in [-0.2, 0) is 0 Å². The first kappa shape index (κ1) is 13.6. The summed E-state index contributed by atoms with van der Waals surface area (Å²) in [7, 11) is 0. The lowest BCUT2D eigenvalue weighted by atomic mass is 10.1. The summed E-state index contributed by atoms with van der Waals surface area (Å²) in [6, 6.07) is 12.8. The Bertz CT molecular complexity index is 584. The Hall–Kier alpha value is -1.39. The van der Waals surface area contributed by atoms with E-state index in [4.69, 9.17) is 12.2 Å². The van der Waals surface area contributed by atoms with E-state index in [1.165, 1.54) is 16.1 Å². The van der Waals surface area contributed by atoms with Crippen LogP contribution < -0.4 is 4.90 Å². The Labute approximate surface area is 129 Å². The molecule has 1 aromatic carbocycles. The van der Waals surface area contributed by atoms with E-state index in [0.717, 1.165) is 31.2 Å². The molecule has 2 heterocycles. The van der Waals surface area contributed by atoms with Gasteiger partial charge < -0.3 is 9.80 Å². The highest BCUT2D eigenvalue weighted by atomic mass is 32.1. The molecule has 1 saturated heterocycles. The van der Waals surface area contributed by atoms with Gasteiger partial charge in [-0.1, -0.05) is 36.5 Å². The van der Waals surface area contributed by atoms with Crippen molar-refractivity contribution in [2.45, 2.75) is 6.92 Å². The number of hydrogen-bond acceptors (Lipinski definition) is 3. The van der Waals surface area contributed by atoms with Gasteiger partial charge in [0.15, 0.2) is 0 Å². The number of piperazine rings is 1. The monoisotopic (exact) mass is 302 g/mol. The van der Waals surface area contributed by atoms with E-state index in [9.17, 15) is 0 Å². The molecule has 1 aliphatic rings. The maximum absolute atomic E-state index is 5.59. The first-order chi connectivity index (χ1) is 9.75. The van der Waals surface area contributed by atoms with Gasteiger partial charge in [0, 0.05) is 31.9 Å². The van der Waals surface area contributed by atoms with Crippen molar-refractivity contribution in [3.05, 3.63) is 52.2 Å². The second kappa shape index (κ2) is 5.94. The SMILES string of the molecule is Cc1ccccc1N1CCN(C(=S)c2cccs2)CC1. The predicted octanol–water partition coefficient (Wildman–Crippen LogP) is 3.55. The van der Waals surface area contributed by atoms with Crippen molar-refractivity contribution in [3.63, 3.8) is 0 Å². The van der Waals surface area contributed by atoms with Gasteiger partial charge in [0.25, 0.3) is 0 Å². The Kier molecular flexibility index (Phi) is 4.03. The largest absolute Gasteiger partial charge is 0.368 e. The van der Waals surface area contributed by atoms with Crippen LogP contribution in [0.4, 0.5) is 5.69 Å². The van der Waals surface area contributed by atoms with Crippen LogP contribution in [0.5, 0.6) is 0 Å². The second-order valence-electron chi connectivity index (χ2n) is 5.04. The number of thiocarbonyl (C=S) groups is 1. The highest BCUT2D eigenvalue weighted by Gasteiger charge is 2.20. The van der Waals surface area contributed by atoms with Crippen LogP contribution >= 0.6 is 23.6 Å². The van der Waals surface area contributed by atoms with E-state index in [1.54, 1.807) is 11.3 Å². The van der Waals surface area contributed by atoms with Gasteiger partial charge in [-0.25, -0.2) is 0 Å². The van der Waals surface area contributed by atoms with Crippen LogP contribution in [-0.4, -0.2) is 36.1 Å². The van der Waals surface area contributed by atoms with Gasteiger partial charge in [0.1, 0.15) is 4.99 Å². The van der Waals surface area contributed by atoms with Gasteiger partial charge in [-0.05, 0) is 30.0 Å². The smallest absolute Gasteiger partial charge is 0.119 e. The van der Waals surface area contributed by atoms with Crippen molar-refractivity contribution >= 4 is 34.2 Å². The third-order valence-corrected chi connectivity index (χ3v) is 5.24. The molecule has 0 aliphatic carbocycles. The molecule has 104 valence electrons. The van der Waals surface area contributed by atoms with Crippen LogP contribution in [0.3, 0.4) is 0 Å². The molecule has 20 heavy (non-hydrogen) atoms. The zero-order valence-electron chi connectivity index (χ0n) is 11.6. The summed E-state index contributed by atoms with van der Waals surface area (Å²) in [5.74, 6) is 0. The molecule has 0 amide bonds. The molecule has 0 radical (unpaired) electrons. The van der Waals surface area contributed by atoms with E-state index in [2.05, 4.69) is 58.5 Å². The zero-order valence-corrected chi connectivity index (χ0v) is 13.2. The minimum Gasteiger partial charge on any atom is -0.368 e. The summed E-state index contributed by atoms with van der Waals surface area (Å²) in [4.78, 5) is 7.01. The standard InChI is InChI=1S/C16H18N2S2/c1-13-5-2-3-6-14(13)17-8-10-18(11-9-17)16(19)15-7-4-12-20-15/h2-7,12H,8-11H2,1H3. The Balaban J connectivity index is 1.65. The summed E-state index contributed by atoms with van der Waals surface area (Å²) in [5, 5.41) is 2.09. The van der Waals surface area contributed by atoms with Crippen LogP contribution in [0.25, 0.3) is 0 Å². The average molecular weight is 302 g/mol. The molecule has 4 heteroatoms. The van der Waals surface area contributed by atoms with Crippen LogP contribution in [0.1, 0.15) is 10.4 Å². The maximum Gasteiger partial charge on any atom is 0.119 e. The summed E-state index contributed by atoms with van der Waals surface area (Å²) in [5.41, 5.74) is 2.70. The van der Waals surface area contributed by atoms with Gasteiger partial charge in [-0.3, -0.25) is 0 Å². The van der Waals surface area contributed by atoms with Gasteiger partial charge >= 0.3 is 0 Å². The Morgan fingerprint density at radius 3 is 2.45 bits per heavy atom. The topological polar surface area (TPSA) is 6.48 Å². The number of para-hydroxylation sites is 1. The predicted molar refractivity (Wildman–Crippen MR) is 91.0 cm³/mol. The van der Waals surface area contributed by atoms with Gasteiger partial charge in [0.2, 0.25) is 0 Å². The molecule has 1 aromatic heterocycles. The van der Waals surface area contributed by atoms with Gasteiger partial charge in [-0.15, -0.1) is 11.3 Å². The van der Waals surface area contributed by atoms with E-state index >= 15 is 0 Å². The molecule has 0 unspecified atom stereocenters. The quantitative estimate of drug-likeness (QED) is 0.783. The fourth-order valence-corrected chi connectivity index (χ4v) is 3.71. The Morgan fingerprint density at radius 1 is 1.05 bits per heavy atom. The molecule has 0 bridgehead atoms. The molecule has 0 atom stereocenters. The number of nitrogens with zero attached hydrogens (tertiary/aromatic N) is 2. The van der Waals surface area contributed by atoms with E-state index in [-0.39, 0.29) is 0 Å². The molecule has 2 aromatic rings. The molecule has 3 rings (SSSR count). The summed E-state index contributed by atoms with van der Waals surface area (Å²) < 4.78 is 0. The van der Waals surface area contributed by atoms with Crippen molar-refractivity contribution < 1.29 is 0 Å². The maximum atomic E-state index is 5.59. The molecule has 0 N–H and O–H groups in total. The summed E-state index contributed by atoms with van der Waals surface area (Å²) in [6.45, 7) is 6.26. The minimum atomic E-state index is 1.00. The van der Waals surface area contributed by atoms with E-state index in [1.807, 2.05) is 0 Å². The first-order valence-corrected chi connectivity index (χ1v) is 8.18. The molecule has 0 spiro atoms.